The lowest BCUT2D eigenvalue weighted by Crippen LogP contribution is -2.24. The van der Waals surface area contributed by atoms with Gasteiger partial charge < -0.3 is 19.1 Å². The Morgan fingerprint density at radius 2 is 1.33 bits per heavy atom. The van der Waals surface area contributed by atoms with Gasteiger partial charge in [0.05, 0.1) is 33.0 Å². The lowest BCUT2D eigenvalue weighted by molar-refractivity contribution is 0.0111. The van der Waals surface area contributed by atoms with Gasteiger partial charge in [0.2, 0.25) is 0 Å². The second-order valence-electron chi connectivity index (χ2n) is 4.74. The van der Waals surface area contributed by atoms with Gasteiger partial charge in [-0.05, 0) is 32.4 Å². The van der Waals surface area contributed by atoms with Crippen LogP contribution in [0.15, 0.2) is 0 Å². The Balaban J connectivity index is 1.68. The number of likely N-dealkylation sites (tertiary alicyclic amines) is 1. The van der Waals surface area contributed by atoms with Gasteiger partial charge in [-0.2, -0.15) is 0 Å². The van der Waals surface area contributed by atoms with E-state index in [0.717, 1.165) is 26.2 Å². The van der Waals surface area contributed by atoms with Crippen LogP contribution in [0.25, 0.3) is 0 Å². The maximum absolute atomic E-state index is 5.53. The first-order chi connectivity index (χ1) is 8.93. The Morgan fingerprint density at radius 1 is 0.778 bits per heavy atom. The molecule has 4 heteroatoms. The van der Waals surface area contributed by atoms with Gasteiger partial charge in [0.1, 0.15) is 0 Å². The fourth-order valence-electron chi connectivity index (χ4n) is 1.99. The minimum atomic E-state index is 0.678. The highest BCUT2D eigenvalue weighted by molar-refractivity contribution is 4.64. The van der Waals surface area contributed by atoms with E-state index in [0.29, 0.717) is 26.4 Å². The number of ether oxygens (including phenoxy) is 3. The minimum Gasteiger partial charge on any atom is -0.379 e. The third-order valence-electron chi connectivity index (χ3n) is 3.14. The second-order valence-corrected chi connectivity index (χ2v) is 4.74. The highest BCUT2D eigenvalue weighted by atomic mass is 16.5. The number of hydrogen-bond donors (Lipinski definition) is 0. The van der Waals surface area contributed by atoms with Crippen molar-refractivity contribution in [3.63, 3.8) is 0 Å². The zero-order valence-electron chi connectivity index (χ0n) is 11.9. The molecule has 0 amide bonds. The largest absolute Gasteiger partial charge is 0.379 e. The summed E-state index contributed by atoms with van der Waals surface area (Å²) in [4.78, 5) is 2.46. The molecule has 0 saturated carbocycles. The predicted molar refractivity (Wildman–Crippen MR) is 73.0 cm³/mol. The molecule has 108 valence electrons. The van der Waals surface area contributed by atoms with Crippen LogP contribution in [0.4, 0.5) is 0 Å². The summed E-state index contributed by atoms with van der Waals surface area (Å²) >= 11 is 0. The Bertz CT molecular complexity index is 172. The molecule has 1 rings (SSSR count). The SMILES string of the molecule is CCCCOCCOCCOCCN1CCCC1. The molecule has 18 heavy (non-hydrogen) atoms. The van der Waals surface area contributed by atoms with Crippen molar-refractivity contribution in [3.8, 4) is 0 Å². The minimum absolute atomic E-state index is 0.678. The van der Waals surface area contributed by atoms with Crippen molar-refractivity contribution in [2.24, 2.45) is 0 Å². The highest BCUT2D eigenvalue weighted by Crippen LogP contribution is 2.05. The van der Waals surface area contributed by atoms with Gasteiger partial charge >= 0.3 is 0 Å². The summed E-state index contributed by atoms with van der Waals surface area (Å²) in [5.41, 5.74) is 0. The number of rotatable bonds is 12. The Morgan fingerprint density at radius 3 is 1.94 bits per heavy atom. The van der Waals surface area contributed by atoms with Crippen molar-refractivity contribution in [1.82, 2.24) is 4.90 Å². The van der Waals surface area contributed by atoms with E-state index in [1.54, 1.807) is 0 Å². The molecule has 1 aliphatic rings. The molecule has 1 heterocycles. The van der Waals surface area contributed by atoms with Crippen molar-refractivity contribution in [3.05, 3.63) is 0 Å². The van der Waals surface area contributed by atoms with Crippen LogP contribution in [0, 0.1) is 0 Å². The standard InChI is InChI=1S/C14H29NO3/c1-2-3-9-16-11-13-18-14-12-17-10-8-15-6-4-5-7-15/h2-14H2,1H3. The van der Waals surface area contributed by atoms with Crippen LogP contribution >= 0.6 is 0 Å². The van der Waals surface area contributed by atoms with Crippen molar-refractivity contribution in [2.75, 3.05) is 59.3 Å². The smallest absolute Gasteiger partial charge is 0.0701 e. The molecule has 1 aliphatic heterocycles. The fraction of sp³-hybridized carbons (Fsp3) is 1.00. The van der Waals surface area contributed by atoms with E-state index in [1.165, 1.54) is 32.4 Å². The lowest BCUT2D eigenvalue weighted by atomic mass is 10.4. The molecule has 0 unspecified atom stereocenters. The van der Waals surface area contributed by atoms with Crippen molar-refractivity contribution < 1.29 is 14.2 Å². The molecule has 0 spiro atoms. The van der Waals surface area contributed by atoms with Crippen LogP contribution in [0.5, 0.6) is 0 Å². The molecule has 4 nitrogen and oxygen atoms in total. The first kappa shape index (κ1) is 15.9. The average Bonchev–Trinajstić information content (AvgIpc) is 2.89. The summed E-state index contributed by atoms with van der Waals surface area (Å²) < 4.78 is 16.4. The molecular formula is C14H29NO3. The molecule has 1 saturated heterocycles. The first-order valence-corrected chi connectivity index (χ1v) is 7.39. The van der Waals surface area contributed by atoms with Gasteiger partial charge in [0, 0.05) is 13.2 Å². The van der Waals surface area contributed by atoms with Gasteiger partial charge in [-0.15, -0.1) is 0 Å². The molecule has 0 bridgehead atoms. The zero-order chi connectivity index (χ0) is 12.9. The van der Waals surface area contributed by atoms with E-state index >= 15 is 0 Å². The van der Waals surface area contributed by atoms with Crippen LogP contribution < -0.4 is 0 Å². The van der Waals surface area contributed by atoms with E-state index in [9.17, 15) is 0 Å². The maximum Gasteiger partial charge on any atom is 0.0701 e. The molecule has 0 aromatic heterocycles. The second kappa shape index (κ2) is 11.9. The van der Waals surface area contributed by atoms with Crippen molar-refractivity contribution in [1.29, 1.82) is 0 Å². The molecule has 1 fully saturated rings. The number of hydrogen-bond acceptors (Lipinski definition) is 4. The van der Waals surface area contributed by atoms with Gasteiger partial charge in [-0.3, -0.25) is 0 Å². The lowest BCUT2D eigenvalue weighted by Gasteiger charge is -2.14. The van der Waals surface area contributed by atoms with E-state index in [1.807, 2.05) is 0 Å². The third-order valence-corrected chi connectivity index (χ3v) is 3.14. The monoisotopic (exact) mass is 259 g/mol. The molecule has 0 aliphatic carbocycles. The van der Waals surface area contributed by atoms with Crippen LogP contribution in [0.1, 0.15) is 32.6 Å². The van der Waals surface area contributed by atoms with Gasteiger partial charge in [0.15, 0.2) is 0 Å². The van der Waals surface area contributed by atoms with Crippen LogP contribution in [-0.2, 0) is 14.2 Å². The van der Waals surface area contributed by atoms with Gasteiger partial charge in [0.25, 0.3) is 0 Å². The predicted octanol–water partition coefficient (Wildman–Crippen LogP) is 1.93. The van der Waals surface area contributed by atoms with Gasteiger partial charge in [-0.1, -0.05) is 13.3 Å². The number of nitrogens with zero attached hydrogens (tertiary/aromatic N) is 1. The first-order valence-electron chi connectivity index (χ1n) is 7.39. The topological polar surface area (TPSA) is 30.9 Å². The molecule has 0 aromatic rings. The summed E-state index contributed by atoms with van der Waals surface area (Å²) in [5, 5.41) is 0. The highest BCUT2D eigenvalue weighted by Gasteiger charge is 2.09. The zero-order valence-corrected chi connectivity index (χ0v) is 11.9. The van der Waals surface area contributed by atoms with Crippen LogP contribution in [0.2, 0.25) is 0 Å². The molecule has 0 atom stereocenters. The fourth-order valence-corrected chi connectivity index (χ4v) is 1.99. The summed E-state index contributed by atoms with van der Waals surface area (Å²) in [6.45, 7) is 10.2. The third kappa shape index (κ3) is 8.86. The van der Waals surface area contributed by atoms with E-state index in [4.69, 9.17) is 14.2 Å². The summed E-state index contributed by atoms with van der Waals surface area (Å²) in [7, 11) is 0. The quantitative estimate of drug-likeness (QED) is 0.501. The van der Waals surface area contributed by atoms with Gasteiger partial charge in [-0.25, -0.2) is 0 Å². The summed E-state index contributed by atoms with van der Waals surface area (Å²) in [6.07, 6.45) is 5.02. The Hall–Kier alpha value is -0.160. The average molecular weight is 259 g/mol. The van der Waals surface area contributed by atoms with E-state index in [-0.39, 0.29) is 0 Å². The molecule has 0 aromatic carbocycles. The summed E-state index contributed by atoms with van der Waals surface area (Å²) in [6, 6.07) is 0. The van der Waals surface area contributed by atoms with E-state index in [2.05, 4.69) is 11.8 Å². The number of unbranched alkanes of at least 4 members (excludes halogenated alkanes) is 1. The van der Waals surface area contributed by atoms with Crippen LogP contribution in [-0.4, -0.2) is 64.2 Å². The Labute approximate surface area is 112 Å². The molecule has 0 N–H and O–H groups in total. The van der Waals surface area contributed by atoms with Crippen molar-refractivity contribution >= 4 is 0 Å². The normalized spacial score (nSPS) is 16.5. The molecular weight excluding hydrogens is 230 g/mol. The Kier molecular flexibility index (Phi) is 10.5. The van der Waals surface area contributed by atoms with Crippen molar-refractivity contribution in [2.45, 2.75) is 32.6 Å². The van der Waals surface area contributed by atoms with Crippen LogP contribution in [0.3, 0.4) is 0 Å². The maximum atomic E-state index is 5.53. The molecule has 0 radical (unpaired) electrons. The van der Waals surface area contributed by atoms with E-state index < -0.39 is 0 Å². The summed E-state index contributed by atoms with van der Waals surface area (Å²) in [5.74, 6) is 0.